The second kappa shape index (κ2) is 3.38. The van der Waals surface area contributed by atoms with Gasteiger partial charge < -0.3 is 5.32 Å². The Kier molecular flexibility index (Phi) is 1.89. The molecule has 19 heavy (non-hydrogen) atoms. The van der Waals surface area contributed by atoms with Gasteiger partial charge in [-0.15, -0.1) is 0 Å². The van der Waals surface area contributed by atoms with Crippen molar-refractivity contribution in [2.75, 3.05) is 10.2 Å². The Labute approximate surface area is 111 Å². The van der Waals surface area contributed by atoms with Crippen LogP contribution in [0.4, 0.5) is 16.2 Å². The number of carbonyl (C=O) groups excluding carboxylic acids is 1. The van der Waals surface area contributed by atoms with Crippen molar-refractivity contribution in [3.05, 3.63) is 59.7 Å². The molecule has 0 fully saturated rings. The second-order valence-corrected chi connectivity index (χ2v) is 5.39. The van der Waals surface area contributed by atoms with Gasteiger partial charge in [-0.3, -0.25) is 4.90 Å². The summed E-state index contributed by atoms with van der Waals surface area (Å²) in [5.74, 6) is 0. The van der Waals surface area contributed by atoms with Gasteiger partial charge in [-0.2, -0.15) is 0 Å². The fraction of sp³-hybridized carbons (Fsp3) is 0.188. The summed E-state index contributed by atoms with van der Waals surface area (Å²) in [5, 5.41) is 2.98. The van der Waals surface area contributed by atoms with E-state index >= 15 is 0 Å². The molecule has 0 bridgehead atoms. The fourth-order valence-corrected chi connectivity index (χ4v) is 3.38. The molecule has 2 heterocycles. The lowest BCUT2D eigenvalue weighted by atomic mass is 9.85. The average molecular weight is 250 g/mol. The van der Waals surface area contributed by atoms with Crippen LogP contribution in [0.25, 0.3) is 0 Å². The van der Waals surface area contributed by atoms with Gasteiger partial charge >= 0.3 is 6.03 Å². The predicted octanol–water partition coefficient (Wildman–Crippen LogP) is 3.51. The van der Waals surface area contributed by atoms with Gasteiger partial charge in [-0.1, -0.05) is 36.4 Å². The van der Waals surface area contributed by atoms with E-state index < -0.39 is 0 Å². The van der Waals surface area contributed by atoms with Crippen molar-refractivity contribution in [1.82, 2.24) is 0 Å². The zero-order valence-electron chi connectivity index (χ0n) is 10.7. The molecule has 3 heteroatoms. The number of fused-ring (bicyclic) bond motifs is 5. The molecule has 2 amide bonds. The number of benzene rings is 2. The number of carbonyl (C=O) groups is 1. The van der Waals surface area contributed by atoms with Gasteiger partial charge in [-0.25, -0.2) is 4.79 Å². The van der Waals surface area contributed by atoms with E-state index in [4.69, 9.17) is 0 Å². The van der Waals surface area contributed by atoms with Crippen molar-refractivity contribution < 1.29 is 4.79 Å². The quantitative estimate of drug-likeness (QED) is 0.762. The topological polar surface area (TPSA) is 32.3 Å². The van der Waals surface area contributed by atoms with Crippen molar-refractivity contribution in [2.45, 2.75) is 18.9 Å². The third-order valence-electron chi connectivity index (χ3n) is 4.21. The number of urea groups is 1. The third kappa shape index (κ3) is 1.24. The molecule has 2 aliphatic rings. The third-order valence-corrected chi connectivity index (χ3v) is 4.21. The smallest absolute Gasteiger partial charge is 0.307 e. The van der Waals surface area contributed by atoms with Crippen LogP contribution < -0.4 is 10.2 Å². The summed E-state index contributed by atoms with van der Waals surface area (Å²) in [6.45, 7) is 2.14. The molecular formula is C16H14N2O. The van der Waals surface area contributed by atoms with Crippen molar-refractivity contribution >= 4 is 17.4 Å². The van der Waals surface area contributed by atoms with Crippen molar-refractivity contribution in [2.24, 2.45) is 0 Å². The van der Waals surface area contributed by atoms with E-state index in [1.807, 2.05) is 41.3 Å². The SMILES string of the molecule is CC12Cc3ccccc3N1C(=O)Nc1ccccc12. The molecule has 0 saturated heterocycles. The summed E-state index contributed by atoms with van der Waals surface area (Å²) in [5.41, 5.74) is 4.10. The lowest BCUT2D eigenvalue weighted by Crippen LogP contribution is -2.51. The van der Waals surface area contributed by atoms with Crippen molar-refractivity contribution in [3.63, 3.8) is 0 Å². The highest BCUT2D eigenvalue weighted by atomic mass is 16.2. The fourth-order valence-electron chi connectivity index (χ4n) is 3.38. The second-order valence-electron chi connectivity index (χ2n) is 5.39. The summed E-state index contributed by atoms with van der Waals surface area (Å²) in [4.78, 5) is 14.3. The van der Waals surface area contributed by atoms with Crippen LogP contribution in [0.1, 0.15) is 18.1 Å². The predicted molar refractivity (Wildman–Crippen MR) is 75.4 cm³/mol. The highest BCUT2D eigenvalue weighted by Crippen LogP contribution is 2.49. The van der Waals surface area contributed by atoms with E-state index in [9.17, 15) is 4.79 Å². The van der Waals surface area contributed by atoms with E-state index in [0.29, 0.717) is 0 Å². The summed E-state index contributed by atoms with van der Waals surface area (Å²) in [6.07, 6.45) is 0.869. The van der Waals surface area contributed by atoms with Crippen LogP contribution >= 0.6 is 0 Å². The van der Waals surface area contributed by atoms with Gasteiger partial charge in [-0.05, 0) is 24.6 Å². The lowest BCUT2D eigenvalue weighted by molar-refractivity contribution is 0.249. The molecule has 94 valence electrons. The molecule has 1 unspecified atom stereocenters. The maximum atomic E-state index is 12.4. The molecule has 0 saturated carbocycles. The Balaban J connectivity index is 1.99. The molecule has 0 aliphatic carbocycles. The lowest BCUT2D eigenvalue weighted by Gasteiger charge is -2.41. The van der Waals surface area contributed by atoms with Crippen molar-refractivity contribution in [3.8, 4) is 0 Å². The van der Waals surface area contributed by atoms with Crippen LogP contribution in [0.15, 0.2) is 48.5 Å². The molecule has 2 aromatic rings. The molecule has 4 rings (SSSR count). The van der Waals surface area contributed by atoms with Gasteiger partial charge in [0, 0.05) is 23.4 Å². The minimum absolute atomic E-state index is 0.0360. The van der Waals surface area contributed by atoms with Gasteiger partial charge in [0.05, 0.1) is 5.54 Å². The Bertz CT molecular complexity index is 695. The first-order valence-electron chi connectivity index (χ1n) is 6.49. The number of para-hydroxylation sites is 2. The summed E-state index contributed by atoms with van der Waals surface area (Å²) in [7, 11) is 0. The Hall–Kier alpha value is -2.29. The van der Waals surface area contributed by atoms with Gasteiger partial charge in [0.15, 0.2) is 0 Å². The first-order valence-corrected chi connectivity index (χ1v) is 6.49. The molecule has 0 radical (unpaired) electrons. The van der Waals surface area contributed by atoms with Crippen LogP contribution in [0.3, 0.4) is 0 Å². The normalized spacial score (nSPS) is 23.4. The molecule has 2 aromatic carbocycles. The Morgan fingerprint density at radius 3 is 2.74 bits per heavy atom. The molecule has 1 N–H and O–H groups in total. The minimum atomic E-state index is -0.275. The average Bonchev–Trinajstić information content (AvgIpc) is 2.72. The highest BCUT2D eigenvalue weighted by molar-refractivity contribution is 6.07. The molecule has 0 spiro atoms. The number of anilines is 2. The standard InChI is InChI=1S/C16H14N2O/c1-16-10-11-6-2-5-9-14(11)18(16)15(19)17-13-8-4-3-7-12(13)16/h2-9H,10H2,1H3,(H,17,19). The van der Waals surface area contributed by atoms with E-state index in [2.05, 4.69) is 24.4 Å². The van der Waals surface area contributed by atoms with Crippen LogP contribution in [-0.2, 0) is 12.0 Å². The highest BCUT2D eigenvalue weighted by Gasteiger charge is 2.48. The molecular weight excluding hydrogens is 236 g/mol. The molecule has 0 aromatic heterocycles. The van der Waals surface area contributed by atoms with Crippen LogP contribution in [0, 0.1) is 0 Å². The van der Waals surface area contributed by atoms with Gasteiger partial charge in [0.1, 0.15) is 0 Å². The maximum Gasteiger partial charge on any atom is 0.327 e. The van der Waals surface area contributed by atoms with E-state index in [0.717, 1.165) is 17.8 Å². The Morgan fingerprint density at radius 2 is 1.84 bits per heavy atom. The minimum Gasteiger partial charge on any atom is -0.307 e. The zero-order valence-corrected chi connectivity index (χ0v) is 10.7. The largest absolute Gasteiger partial charge is 0.327 e. The van der Waals surface area contributed by atoms with Crippen LogP contribution in [0.2, 0.25) is 0 Å². The van der Waals surface area contributed by atoms with E-state index in [-0.39, 0.29) is 11.6 Å². The number of amides is 2. The van der Waals surface area contributed by atoms with Crippen LogP contribution in [-0.4, -0.2) is 6.03 Å². The maximum absolute atomic E-state index is 12.4. The van der Waals surface area contributed by atoms with E-state index in [1.54, 1.807) is 0 Å². The number of nitrogens with zero attached hydrogens (tertiary/aromatic N) is 1. The first kappa shape index (κ1) is 10.6. The monoisotopic (exact) mass is 250 g/mol. The number of hydrogen-bond donors (Lipinski definition) is 1. The number of nitrogens with one attached hydrogen (secondary N) is 1. The summed E-state index contributed by atoms with van der Waals surface area (Å²) in [6, 6.07) is 16.2. The summed E-state index contributed by atoms with van der Waals surface area (Å²) >= 11 is 0. The van der Waals surface area contributed by atoms with Crippen molar-refractivity contribution in [1.29, 1.82) is 0 Å². The van der Waals surface area contributed by atoms with E-state index in [1.165, 1.54) is 11.1 Å². The molecule has 2 aliphatic heterocycles. The number of hydrogen-bond acceptors (Lipinski definition) is 1. The molecule has 3 nitrogen and oxygen atoms in total. The van der Waals surface area contributed by atoms with Crippen LogP contribution in [0.5, 0.6) is 0 Å². The first-order chi connectivity index (χ1) is 9.20. The Morgan fingerprint density at radius 1 is 1.11 bits per heavy atom. The van der Waals surface area contributed by atoms with Gasteiger partial charge in [0.2, 0.25) is 0 Å². The number of rotatable bonds is 0. The van der Waals surface area contributed by atoms with Gasteiger partial charge in [0.25, 0.3) is 0 Å². The molecule has 1 atom stereocenters. The zero-order chi connectivity index (χ0) is 13.0. The summed E-state index contributed by atoms with van der Waals surface area (Å²) < 4.78 is 0.